The van der Waals surface area contributed by atoms with Crippen LogP contribution in [0.4, 0.5) is 0 Å². The van der Waals surface area contributed by atoms with E-state index in [1.54, 1.807) is 0 Å². The third kappa shape index (κ3) is 2.06. The normalized spacial score (nSPS) is 39.6. The molecule has 0 aliphatic carbocycles. The number of piperazine rings is 1. The van der Waals surface area contributed by atoms with Crippen LogP contribution in [-0.4, -0.2) is 64.8 Å². The Kier molecular flexibility index (Phi) is 2.96. The lowest BCUT2D eigenvalue weighted by atomic mass is 10.0. The highest BCUT2D eigenvalue weighted by Gasteiger charge is 2.40. The molecule has 86 valence electrons. The number of rotatable bonds is 2. The Morgan fingerprint density at radius 3 is 2.20 bits per heavy atom. The van der Waals surface area contributed by atoms with Crippen LogP contribution in [0, 0.1) is 5.92 Å². The largest absolute Gasteiger partial charge is 0.303 e. The van der Waals surface area contributed by atoms with Crippen LogP contribution in [0.3, 0.4) is 0 Å². The molecule has 0 amide bonds. The van der Waals surface area contributed by atoms with E-state index in [0.717, 1.165) is 18.0 Å². The minimum Gasteiger partial charge on any atom is -0.303 e. The average Bonchev–Trinajstić information content (AvgIpc) is 2.39. The average molecular weight is 321 g/mol. The third-order valence-corrected chi connectivity index (χ3v) is 4.99. The molecular weight excluding hydrogens is 301 g/mol. The lowest BCUT2D eigenvalue weighted by Gasteiger charge is -2.44. The molecular formula is C11H20IN3. The second-order valence-corrected chi connectivity index (χ2v) is 6.86. The van der Waals surface area contributed by atoms with E-state index in [-0.39, 0.29) is 0 Å². The summed E-state index contributed by atoms with van der Waals surface area (Å²) in [5.74, 6) is 0.952. The van der Waals surface area contributed by atoms with Crippen LogP contribution in [-0.2, 0) is 0 Å². The van der Waals surface area contributed by atoms with Gasteiger partial charge in [0, 0.05) is 67.7 Å². The first-order chi connectivity index (χ1) is 7.22. The number of fused-ring (bicyclic) bond motifs is 2. The van der Waals surface area contributed by atoms with E-state index >= 15 is 0 Å². The van der Waals surface area contributed by atoms with Gasteiger partial charge in [-0.25, -0.2) is 3.11 Å². The van der Waals surface area contributed by atoms with Gasteiger partial charge in [0.05, 0.1) is 0 Å². The topological polar surface area (TPSA) is 9.72 Å². The van der Waals surface area contributed by atoms with Gasteiger partial charge >= 0.3 is 0 Å². The predicted octanol–water partition coefficient (Wildman–Crippen LogP) is 1.05. The Bertz CT molecular complexity index is 228. The van der Waals surface area contributed by atoms with Crippen LogP contribution in [0.2, 0.25) is 0 Å². The number of halogens is 1. The fourth-order valence-corrected chi connectivity index (χ4v) is 4.53. The van der Waals surface area contributed by atoms with Crippen molar-refractivity contribution in [1.82, 2.24) is 12.9 Å². The molecule has 3 nitrogen and oxygen atoms in total. The molecule has 0 aromatic heterocycles. The van der Waals surface area contributed by atoms with Crippen molar-refractivity contribution >= 4 is 22.9 Å². The highest BCUT2D eigenvalue weighted by atomic mass is 127. The van der Waals surface area contributed by atoms with Crippen molar-refractivity contribution in [3.05, 3.63) is 0 Å². The summed E-state index contributed by atoms with van der Waals surface area (Å²) >= 11 is 2.44. The number of hydrogen-bond donors (Lipinski definition) is 0. The second-order valence-electron chi connectivity index (χ2n) is 5.50. The van der Waals surface area contributed by atoms with E-state index in [4.69, 9.17) is 0 Å². The molecule has 0 radical (unpaired) electrons. The van der Waals surface area contributed by atoms with E-state index in [9.17, 15) is 0 Å². The minimum atomic E-state index is 0.872. The Hall–Kier alpha value is 0.610. The summed E-state index contributed by atoms with van der Waals surface area (Å²) in [4.78, 5) is 5.33. The van der Waals surface area contributed by atoms with Crippen molar-refractivity contribution in [2.45, 2.75) is 24.9 Å². The summed E-state index contributed by atoms with van der Waals surface area (Å²) in [5.41, 5.74) is 0. The first-order valence-corrected chi connectivity index (χ1v) is 7.04. The smallest absolute Gasteiger partial charge is 0.0227 e. The van der Waals surface area contributed by atoms with Crippen molar-refractivity contribution < 1.29 is 0 Å². The molecule has 2 atom stereocenters. The molecule has 0 aromatic carbocycles. The Labute approximate surface area is 106 Å². The zero-order chi connectivity index (χ0) is 10.4. The Morgan fingerprint density at radius 2 is 1.67 bits per heavy atom. The van der Waals surface area contributed by atoms with Crippen LogP contribution in [0.5, 0.6) is 0 Å². The van der Waals surface area contributed by atoms with Gasteiger partial charge in [-0.3, -0.25) is 4.90 Å². The summed E-state index contributed by atoms with van der Waals surface area (Å²) in [7, 11) is 2.28. The zero-order valence-corrected chi connectivity index (χ0v) is 11.6. The maximum atomic E-state index is 2.81. The molecule has 3 saturated heterocycles. The van der Waals surface area contributed by atoms with Crippen molar-refractivity contribution in [3.63, 3.8) is 0 Å². The van der Waals surface area contributed by atoms with Gasteiger partial charge in [-0.05, 0) is 25.8 Å². The van der Waals surface area contributed by atoms with E-state index in [0.29, 0.717) is 0 Å². The van der Waals surface area contributed by atoms with Crippen LogP contribution < -0.4 is 0 Å². The summed E-state index contributed by atoms with van der Waals surface area (Å²) in [6.07, 6.45) is 2.88. The standard InChI is InChI=1S/C11H20IN3/c1-13-7-10-2-3-11(8-13)15(10)6-9-4-14(12)5-9/h9-11H,2-8H2,1H3. The fraction of sp³-hybridized carbons (Fsp3) is 1.00. The first kappa shape index (κ1) is 10.7. The van der Waals surface area contributed by atoms with Crippen LogP contribution in [0.1, 0.15) is 12.8 Å². The monoisotopic (exact) mass is 321 g/mol. The van der Waals surface area contributed by atoms with Crippen molar-refractivity contribution in [2.24, 2.45) is 5.92 Å². The molecule has 3 aliphatic rings. The molecule has 3 fully saturated rings. The molecule has 0 saturated carbocycles. The van der Waals surface area contributed by atoms with E-state index in [1.165, 1.54) is 45.6 Å². The Morgan fingerprint density at radius 1 is 1.07 bits per heavy atom. The molecule has 0 spiro atoms. The number of likely N-dealkylation sites (tertiary alicyclic amines) is 1. The predicted molar refractivity (Wildman–Crippen MR) is 70.1 cm³/mol. The van der Waals surface area contributed by atoms with Crippen molar-refractivity contribution in [2.75, 3.05) is 39.8 Å². The van der Waals surface area contributed by atoms with Gasteiger partial charge in [0.1, 0.15) is 0 Å². The highest BCUT2D eigenvalue weighted by molar-refractivity contribution is 14.1. The minimum absolute atomic E-state index is 0.872. The SMILES string of the molecule is CN1CC2CCC(C1)N2CC1CN(I)C1. The molecule has 3 rings (SSSR count). The highest BCUT2D eigenvalue weighted by Crippen LogP contribution is 2.32. The van der Waals surface area contributed by atoms with Gasteiger partial charge in [-0.15, -0.1) is 0 Å². The zero-order valence-electron chi connectivity index (χ0n) is 9.40. The molecule has 4 heteroatoms. The van der Waals surface area contributed by atoms with E-state index in [1.807, 2.05) is 0 Å². The first-order valence-electron chi connectivity index (χ1n) is 6.07. The molecule has 3 heterocycles. The van der Waals surface area contributed by atoms with E-state index < -0.39 is 0 Å². The lowest BCUT2D eigenvalue weighted by Crippen LogP contribution is -2.56. The summed E-state index contributed by atoms with van der Waals surface area (Å²) in [5, 5.41) is 0. The molecule has 0 aromatic rings. The van der Waals surface area contributed by atoms with Gasteiger partial charge in [0.15, 0.2) is 0 Å². The van der Waals surface area contributed by atoms with Crippen LogP contribution in [0.25, 0.3) is 0 Å². The molecule has 3 aliphatic heterocycles. The Balaban J connectivity index is 1.58. The number of hydrogen-bond acceptors (Lipinski definition) is 3. The number of likely N-dealkylation sites (N-methyl/N-ethyl adjacent to an activating group) is 1. The maximum absolute atomic E-state index is 2.81. The lowest BCUT2D eigenvalue weighted by molar-refractivity contribution is 0.0490. The van der Waals surface area contributed by atoms with Gasteiger partial charge in [-0.1, -0.05) is 0 Å². The van der Waals surface area contributed by atoms with Crippen molar-refractivity contribution in [3.8, 4) is 0 Å². The number of nitrogens with zero attached hydrogens (tertiary/aromatic N) is 3. The van der Waals surface area contributed by atoms with Gasteiger partial charge in [0.25, 0.3) is 0 Å². The molecule has 15 heavy (non-hydrogen) atoms. The molecule has 2 bridgehead atoms. The fourth-order valence-electron chi connectivity index (χ4n) is 3.42. The summed E-state index contributed by atoms with van der Waals surface area (Å²) in [6, 6.07) is 1.74. The van der Waals surface area contributed by atoms with Gasteiger partial charge in [-0.2, -0.15) is 0 Å². The van der Waals surface area contributed by atoms with Crippen LogP contribution in [0.15, 0.2) is 0 Å². The maximum Gasteiger partial charge on any atom is 0.0227 e. The van der Waals surface area contributed by atoms with Crippen LogP contribution >= 0.6 is 22.9 Å². The summed E-state index contributed by atoms with van der Waals surface area (Å²) in [6.45, 7) is 6.59. The second kappa shape index (κ2) is 4.13. The third-order valence-electron chi connectivity index (χ3n) is 4.20. The van der Waals surface area contributed by atoms with Crippen molar-refractivity contribution in [1.29, 1.82) is 0 Å². The molecule has 0 N–H and O–H groups in total. The summed E-state index contributed by atoms with van der Waals surface area (Å²) < 4.78 is 2.40. The quantitative estimate of drug-likeness (QED) is 0.556. The molecule has 2 unspecified atom stereocenters. The van der Waals surface area contributed by atoms with Gasteiger partial charge < -0.3 is 4.90 Å². The van der Waals surface area contributed by atoms with E-state index in [2.05, 4.69) is 42.8 Å². The van der Waals surface area contributed by atoms with Gasteiger partial charge in [0.2, 0.25) is 0 Å².